The number of rotatable bonds is 6. The van der Waals surface area contributed by atoms with Crippen LogP contribution >= 0.6 is 0 Å². The Morgan fingerprint density at radius 3 is 2.74 bits per heavy atom. The molecule has 2 aromatic carbocycles. The Kier molecular flexibility index (Phi) is 5.59. The van der Waals surface area contributed by atoms with E-state index in [-0.39, 0.29) is 18.6 Å². The highest BCUT2D eigenvalue weighted by atomic mass is 16.5. The van der Waals surface area contributed by atoms with Crippen LogP contribution in [0, 0.1) is 11.3 Å². The Labute approximate surface area is 135 Å². The number of anilines is 2. The van der Waals surface area contributed by atoms with Crippen LogP contribution < -0.4 is 15.4 Å². The highest BCUT2D eigenvalue weighted by Gasteiger charge is 2.07. The molecule has 0 bridgehead atoms. The smallest absolute Gasteiger partial charge is 0.243 e. The largest absolute Gasteiger partial charge is 0.489 e. The zero-order valence-corrected chi connectivity index (χ0v) is 13.2. The average molecular weight is 309 g/mol. The summed E-state index contributed by atoms with van der Waals surface area (Å²) in [6.07, 6.45) is 0.0560. The first kappa shape index (κ1) is 16.4. The van der Waals surface area contributed by atoms with E-state index in [2.05, 4.69) is 10.6 Å². The highest BCUT2D eigenvalue weighted by Crippen LogP contribution is 2.24. The normalized spacial score (nSPS) is 10.0. The zero-order valence-electron chi connectivity index (χ0n) is 13.2. The van der Waals surface area contributed by atoms with Crippen molar-refractivity contribution < 1.29 is 9.53 Å². The monoisotopic (exact) mass is 309 g/mol. The van der Waals surface area contributed by atoms with Gasteiger partial charge in [0, 0.05) is 5.69 Å². The molecular weight excluding hydrogens is 290 g/mol. The van der Waals surface area contributed by atoms with Crippen LogP contribution in [0.5, 0.6) is 5.75 Å². The third-order valence-corrected chi connectivity index (χ3v) is 2.96. The maximum Gasteiger partial charge on any atom is 0.243 e. The number of hydrogen-bond acceptors (Lipinski definition) is 4. The van der Waals surface area contributed by atoms with Gasteiger partial charge in [0.25, 0.3) is 0 Å². The third kappa shape index (κ3) is 5.04. The molecule has 23 heavy (non-hydrogen) atoms. The predicted molar refractivity (Wildman–Crippen MR) is 90.5 cm³/mol. The van der Waals surface area contributed by atoms with E-state index < -0.39 is 0 Å². The van der Waals surface area contributed by atoms with Crippen LogP contribution in [0.4, 0.5) is 11.4 Å². The minimum absolute atomic E-state index is 0.0560. The molecule has 0 unspecified atom stereocenters. The first-order chi connectivity index (χ1) is 11.1. The van der Waals surface area contributed by atoms with Crippen molar-refractivity contribution in [2.75, 3.05) is 17.2 Å². The number of para-hydroxylation sites is 2. The van der Waals surface area contributed by atoms with Gasteiger partial charge >= 0.3 is 0 Å². The molecule has 5 nitrogen and oxygen atoms in total. The van der Waals surface area contributed by atoms with Gasteiger partial charge in [-0.1, -0.05) is 18.2 Å². The Morgan fingerprint density at radius 2 is 2.00 bits per heavy atom. The lowest BCUT2D eigenvalue weighted by Gasteiger charge is -2.15. The molecule has 0 saturated carbocycles. The van der Waals surface area contributed by atoms with Crippen LogP contribution in [0.3, 0.4) is 0 Å². The summed E-state index contributed by atoms with van der Waals surface area (Å²) in [6, 6.07) is 16.3. The number of carbonyl (C=O) groups is 1. The number of ether oxygens (including phenoxy) is 1. The van der Waals surface area contributed by atoms with Gasteiger partial charge in [0.1, 0.15) is 5.75 Å². The molecule has 0 aromatic heterocycles. The fraction of sp³-hybridized carbons (Fsp3) is 0.222. The van der Waals surface area contributed by atoms with E-state index in [4.69, 9.17) is 10.00 Å². The van der Waals surface area contributed by atoms with Crippen molar-refractivity contribution in [2.24, 2.45) is 0 Å². The Bertz CT molecular complexity index is 720. The fourth-order valence-electron chi connectivity index (χ4n) is 2.02. The molecule has 0 radical (unpaired) electrons. The lowest BCUT2D eigenvalue weighted by molar-refractivity contribution is -0.114. The van der Waals surface area contributed by atoms with Gasteiger partial charge in [0.15, 0.2) is 0 Å². The third-order valence-electron chi connectivity index (χ3n) is 2.96. The lowest BCUT2D eigenvalue weighted by atomic mass is 10.2. The summed E-state index contributed by atoms with van der Waals surface area (Å²) in [5.74, 6) is 0.515. The molecular formula is C18H19N3O2. The van der Waals surface area contributed by atoms with E-state index in [0.717, 1.165) is 5.69 Å². The second-order valence-corrected chi connectivity index (χ2v) is 5.26. The Hall–Kier alpha value is -3.00. The quantitative estimate of drug-likeness (QED) is 0.857. The number of hydrogen-bond donors (Lipinski definition) is 2. The van der Waals surface area contributed by atoms with Crippen molar-refractivity contribution in [1.82, 2.24) is 0 Å². The average Bonchev–Trinajstić information content (AvgIpc) is 2.53. The maximum atomic E-state index is 12.0. The van der Waals surface area contributed by atoms with Crippen molar-refractivity contribution >= 4 is 17.3 Å². The van der Waals surface area contributed by atoms with E-state index in [1.54, 1.807) is 24.3 Å². The summed E-state index contributed by atoms with van der Waals surface area (Å²) in [4.78, 5) is 12.0. The molecule has 0 saturated heterocycles. The van der Waals surface area contributed by atoms with Crippen LogP contribution in [0.15, 0.2) is 48.5 Å². The number of nitriles is 1. The summed E-state index contributed by atoms with van der Waals surface area (Å²) in [7, 11) is 0. The molecule has 2 N–H and O–H groups in total. The fourth-order valence-corrected chi connectivity index (χ4v) is 2.02. The molecule has 2 rings (SSSR count). The van der Waals surface area contributed by atoms with Gasteiger partial charge in [-0.25, -0.2) is 0 Å². The molecule has 2 aromatic rings. The standard InChI is InChI=1S/C18H19N3O2/c1-13(2)23-17-9-4-3-8-16(17)20-12-18(22)21-15-7-5-6-14(10-15)11-19/h3-10,13,20H,12H2,1-2H3,(H,21,22). The molecule has 5 heteroatoms. The van der Waals surface area contributed by atoms with Crippen molar-refractivity contribution in [3.63, 3.8) is 0 Å². The SMILES string of the molecule is CC(C)Oc1ccccc1NCC(=O)Nc1cccc(C#N)c1. The highest BCUT2D eigenvalue weighted by molar-refractivity contribution is 5.94. The summed E-state index contributed by atoms with van der Waals surface area (Å²) in [5, 5.41) is 14.7. The molecule has 0 heterocycles. The van der Waals surface area contributed by atoms with Crippen LogP contribution in [-0.4, -0.2) is 18.6 Å². The topological polar surface area (TPSA) is 74.2 Å². The summed E-state index contributed by atoms with van der Waals surface area (Å²) >= 11 is 0. The van der Waals surface area contributed by atoms with Crippen LogP contribution in [-0.2, 0) is 4.79 Å². The van der Waals surface area contributed by atoms with Gasteiger partial charge in [-0.05, 0) is 44.2 Å². The summed E-state index contributed by atoms with van der Waals surface area (Å²) in [5.41, 5.74) is 1.87. The van der Waals surface area contributed by atoms with Crippen molar-refractivity contribution in [2.45, 2.75) is 20.0 Å². The molecule has 0 fully saturated rings. The minimum atomic E-state index is -0.195. The first-order valence-electron chi connectivity index (χ1n) is 7.38. The second kappa shape index (κ2) is 7.85. The number of nitrogens with zero attached hydrogens (tertiary/aromatic N) is 1. The second-order valence-electron chi connectivity index (χ2n) is 5.26. The lowest BCUT2D eigenvalue weighted by Crippen LogP contribution is -2.22. The van der Waals surface area contributed by atoms with Gasteiger partial charge in [0.2, 0.25) is 5.91 Å². The summed E-state index contributed by atoms with van der Waals surface area (Å²) < 4.78 is 5.70. The van der Waals surface area contributed by atoms with Gasteiger partial charge in [0.05, 0.1) is 30.0 Å². The molecule has 0 aliphatic carbocycles. The van der Waals surface area contributed by atoms with Crippen molar-refractivity contribution in [3.05, 3.63) is 54.1 Å². The number of nitrogens with one attached hydrogen (secondary N) is 2. The van der Waals surface area contributed by atoms with Gasteiger partial charge in [-0.2, -0.15) is 5.26 Å². The van der Waals surface area contributed by atoms with Crippen LogP contribution in [0.2, 0.25) is 0 Å². The molecule has 0 aliphatic heterocycles. The first-order valence-corrected chi connectivity index (χ1v) is 7.38. The van der Waals surface area contributed by atoms with Gasteiger partial charge < -0.3 is 15.4 Å². The van der Waals surface area contributed by atoms with Crippen molar-refractivity contribution in [3.8, 4) is 11.8 Å². The minimum Gasteiger partial charge on any atom is -0.489 e. The Balaban J connectivity index is 1.95. The molecule has 0 aliphatic rings. The molecule has 0 spiro atoms. The predicted octanol–water partition coefficient (Wildman–Crippen LogP) is 3.40. The maximum absolute atomic E-state index is 12.0. The number of benzene rings is 2. The Morgan fingerprint density at radius 1 is 1.22 bits per heavy atom. The zero-order chi connectivity index (χ0) is 16.7. The summed E-state index contributed by atoms with van der Waals surface area (Å²) in [6.45, 7) is 4.01. The van der Waals surface area contributed by atoms with Gasteiger partial charge in [-0.3, -0.25) is 4.79 Å². The van der Waals surface area contributed by atoms with E-state index in [9.17, 15) is 4.79 Å². The van der Waals surface area contributed by atoms with E-state index in [1.807, 2.05) is 44.2 Å². The molecule has 118 valence electrons. The van der Waals surface area contributed by atoms with E-state index in [0.29, 0.717) is 17.0 Å². The number of amides is 1. The van der Waals surface area contributed by atoms with E-state index in [1.165, 1.54) is 0 Å². The van der Waals surface area contributed by atoms with Crippen molar-refractivity contribution in [1.29, 1.82) is 5.26 Å². The van der Waals surface area contributed by atoms with E-state index >= 15 is 0 Å². The molecule has 0 atom stereocenters. The molecule has 1 amide bonds. The van der Waals surface area contributed by atoms with Gasteiger partial charge in [-0.15, -0.1) is 0 Å². The van der Waals surface area contributed by atoms with Crippen LogP contribution in [0.1, 0.15) is 19.4 Å². The number of carbonyl (C=O) groups excluding carboxylic acids is 1. The van der Waals surface area contributed by atoms with Crippen LogP contribution in [0.25, 0.3) is 0 Å².